The smallest absolute Gasteiger partial charge is 0.262 e. The molecule has 0 fully saturated rings. The topological polar surface area (TPSA) is 46.3 Å². The highest BCUT2D eigenvalue weighted by Crippen LogP contribution is 2.34. The first-order valence-electron chi connectivity index (χ1n) is 6.23. The fraction of sp³-hybridized carbons (Fsp3) is 0.133. The molecule has 2 N–H and O–H groups in total. The van der Waals surface area contributed by atoms with E-state index in [1.54, 1.807) is 12.1 Å². The molecule has 102 valence electrons. The second-order valence-electron chi connectivity index (χ2n) is 4.65. The van der Waals surface area contributed by atoms with Crippen LogP contribution in [0.3, 0.4) is 0 Å². The van der Waals surface area contributed by atoms with Gasteiger partial charge in [-0.05, 0) is 30.7 Å². The molecule has 1 amide bonds. The monoisotopic (exact) mass is 290 g/mol. The molecule has 0 saturated heterocycles. The number of nitrogen functional groups attached to an aromatic ring is 1. The van der Waals surface area contributed by atoms with E-state index in [9.17, 15) is 9.18 Å². The van der Waals surface area contributed by atoms with Crippen LogP contribution in [0.2, 0.25) is 5.02 Å². The summed E-state index contributed by atoms with van der Waals surface area (Å²) >= 11 is 5.95. The molecule has 3 nitrogen and oxygen atoms in total. The van der Waals surface area contributed by atoms with Crippen LogP contribution in [0, 0.1) is 5.82 Å². The number of hydrogen-bond donors (Lipinski definition) is 1. The van der Waals surface area contributed by atoms with Crippen molar-refractivity contribution in [1.29, 1.82) is 0 Å². The number of rotatable bonds is 1. The van der Waals surface area contributed by atoms with Crippen LogP contribution in [0.25, 0.3) is 0 Å². The Hall–Kier alpha value is -2.07. The van der Waals surface area contributed by atoms with Gasteiger partial charge in [-0.2, -0.15) is 0 Å². The van der Waals surface area contributed by atoms with Crippen LogP contribution in [0.4, 0.5) is 15.8 Å². The lowest BCUT2D eigenvalue weighted by atomic mass is 10.1. The maximum absolute atomic E-state index is 13.9. The van der Waals surface area contributed by atoms with Crippen molar-refractivity contribution in [2.24, 2.45) is 0 Å². The number of hydrogen-bond acceptors (Lipinski definition) is 2. The Morgan fingerprint density at radius 3 is 2.75 bits per heavy atom. The Bertz CT molecular complexity index is 682. The lowest BCUT2D eigenvalue weighted by molar-refractivity contribution is 0.0985. The summed E-state index contributed by atoms with van der Waals surface area (Å²) < 4.78 is 13.9. The van der Waals surface area contributed by atoms with Crippen molar-refractivity contribution in [2.45, 2.75) is 6.42 Å². The number of nitrogens with zero attached hydrogens (tertiary/aromatic N) is 1. The predicted molar refractivity (Wildman–Crippen MR) is 77.6 cm³/mol. The summed E-state index contributed by atoms with van der Waals surface area (Å²) in [4.78, 5) is 14.0. The van der Waals surface area contributed by atoms with Crippen molar-refractivity contribution >= 4 is 28.9 Å². The van der Waals surface area contributed by atoms with E-state index >= 15 is 0 Å². The Labute approximate surface area is 120 Å². The van der Waals surface area contributed by atoms with Crippen molar-refractivity contribution in [3.8, 4) is 0 Å². The van der Waals surface area contributed by atoms with Gasteiger partial charge in [0.1, 0.15) is 5.82 Å². The number of halogens is 2. The average Bonchev–Trinajstić information content (AvgIpc) is 2.83. The molecule has 1 aliphatic heterocycles. The summed E-state index contributed by atoms with van der Waals surface area (Å²) in [5.41, 5.74) is 8.11. The Morgan fingerprint density at radius 2 is 2.00 bits per heavy atom. The summed E-state index contributed by atoms with van der Waals surface area (Å²) in [6.45, 7) is 0.479. The lowest BCUT2D eigenvalue weighted by Gasteiger charge is -2.18. The van der Waals surface area contributed by atoms with Gasteiger partial charge in [-0.1, -0.05) is 23.7 Å². The van der Waals surface area contributed by atoms with Crippen LogP contribution in [-0.2, 0) is 6.42 Å². The number of nitrogens with two attached hydrogens (primary N) is 1. The molecule has 0 aromatic heterocycles. The first-order chi connectivity index (χ1) is 9.59. The van der Waals surface area contributed by atoms with Crippen LogP contribution in [0.1, 0.15) is 15.9 Å². The fourth-order valence-electron chi connectivity index (χ4n) is 2.51. The normalized spacial score (nSPS) is 13.4. The minimum Gasteiger partial charge on any atom is -0.398 e. The van der Waals surface area contributed by atoms with E-state index in [4.69, 9.17) is 17.3 Å². The van der Waals surface area contributed by atoms with Gasteiger partial charge in [0.15, 0.2) is 0 Å². The fourth-order valence-corrected chi connectivity index (χ4v) is 2.75. The molecule has 0 radical (unpaired) electrons. The second kappa shape index (κ2) is 4.80. The number of carbonyl (C=O) groups excluding carboxylic acids is 1. The van der Waals surface area contributed by atoms with Crippen molar-refractivity contribution in [3.05, 3.63) is 58.4 Å². The largest absolute Gasteiger partial charge is 0.398 e. The summed E-state index contributed by atoms with van der Waals surface area (Å²) in [5, 5.41) is 0.118. The zero-order valence-corrected chi connectivity index (χ0v) is 11.3. The van der Waals surface area contributed by atoms with Crippen LogP contribution < -0.4 is 10.6 Å². The van der Waals surface area contributed by atoms with Gasteiger partial charge >= 0.3 is 0 Å². The molecule has 1 heterocycles. The third-order valence-corrected chi connectivity index (χ3v) is 3.80. The third-order valence-electron chi connectivity index (χ3n) is 3.49. The van der Waals surface area contributed by atoms with Crippen LogP contribution >= 0.6 is 11.6 Å². The zero-order valence-electron chi connectivity index (χ0n) is 10.6. The van der Waals surface area contributed by atoms with Gasteiger partial charge in [0.2, 0.25) is 0 Å². The molecule has 5 heteroatoms. The molecule has 2 aromatic rings. The molecule has 0 unspecified atom stereocenters. The number of carbonyl (C=O) groups is 1. The molecule has 0 bridgehead atoms. The second-order valence-corrected chi connectivity index (χ2v) is 5.06. The number of benzene rings is 2. The summed E-state index contributed by atoms with van der Waals surface area (Å²) in [5.74, 6) is -1.04. The Balaban J connectivity index is 2.05. The maximum Gasteiger partial charge on any atom is 0.262 e. The average molecular weight is 291 g/mol. The van der Waals surface area contributed by atoms with E-state index in [1.165, 1.54) is 23.1 Å². The molecular weight excluding hydrogens is 279 g/mol. The molecule has 2 aromatic carbocycles. The van der Waals surface area contributed by atoms with Crippen LogP contribution in [0.15, 0.2) is 36.4 Å². The molecule has 0 aliphatic carbocycles. The molecule has 3 rings (SSSR count). The lowest BCUT2D eigenvalue weighted by Crippen LogP contribution is -2.29. The van der Waals surface area contributed by atoms with Crippen molar-refractivity contribution in [3.63, 3.8) is 0 Å². The van der Waals surface area contributed by atoms with E-state index in [-0.39, 0.29) is 10.6 Å². The van der Waals surface area contributed by atoms with E-state index in [0.29, 0.717) is 18.7 Å². The highest BCUT2D eigenvalue weighted by atomic mass is 35.5. The van der Waals surface area contributed by atoms with E-state index < -0.39 is 11.7 Å². The molecule has 0 spiro atoms. The standard InChI is InChI=1S/C15H12ClFN2O/c16-10-3-1-4-11(17)14(10)15(20)19-8-7-9-12(18)5-2-6-13(9)19/h1-6H,7-8,18H2. The van der Waals surface area contributed by atoms with Gasteiger partial charge in [-0.3, -0.25) is 4.79 Å². The Kier molecular flexibility index (Phi) is 3.10. The summed E-state index contributed by atoms with van der Waals surface area (Å²) in [6.07, 6.45) is 0.666. The first kappa shape index (κ1) is 12.9. The highest BCUT2D eigenvalue weighted by Gasteiger charge is 2.29. The molecular formula is C15H12ClFN2O. The molecule has 1 aliphatic rings. The minimum atomic E-state index is -0.611. The number of anilines is 2. The highest BCUT2D eigenvalue weighted by molar-refractivity contribution is 6.34. The number of amides is 1. The predicted octanol–water partition coefficient (Wildman–Crippen LogP) is 3.26. The van der Waals surface area contributed by atoms with Crippen molar-refractivity contribution < 1.29 is 9.18 Å². The quantitative estimate of drug-likeness (QED) is 0.819. The first-order valence-corrected chi connectivity index (χ1v) is 6.60. The minimum absolute atomic E-state index is 0.0931. The Morgan fingerprint density at radius 1 is 1.25 bits per heavy atom. The van der Waals surface area contributed by atoms with Gasteiger partial charge in [-0.25, -0.2) is 4.39 Å². The number of fused-ring (bicyclic) bond motifs is 1. The van der Waals surface area contributed by atoms with Gasteiger partial charge in [0.25, 0.3) is 5.91 Å². The van der Waals surface area contributed by atoms with Crippen molar-refractivity contribution in [1.82, 2.24) is 0 Å². The van der Waals surface area contributed by atoms with Gasteiger partial charge in [0.05, 0.1) is 10.6 Å². The zero-order chi connectivity index (χ0) is 14.3. The van der Waals surface area contributed by atoms with Gasteiger partial charge in [0, 0.05) is 23.5 Å². The van der Waals surface area contributed by atoms with Gasteiger partial charge in [-0.15, -0.1) is 0 Å². The van der Waals surface area contributed by atoms with Crippen LogP contribution in [0.5, 0.6) is 0 Å². The SMILES string of the molecule is Nc1cccc2c1CCN2C(=O)c1c(F)cccc1Cl. The van der Waals surface area contributed by atoms with Crippen molar-refractivity contribution in [2.75, 3.05) is 17.2 Å². The summed E-state index contributed by atoms with van der Waals surface area (Å²) in [7, 11) is 0. The maximum atomic E-state index is 13.9. The molecule has 20 heavy (non-hydrogen) atoms. The summed E-state index contributed by atoms with van der Waals surface area (Å²) in [6, 6.07) is 9.60. The third kappa shape index (κ3) is 1.93. The van der Waals surface area contributed by atoms with Crippen LogP contribution in [-0.4, -0.2) is 12.5 Å². The molecule has 0 atom stereocenters. The van der Waals surface area contributed by atoms with E-state index in [1.807, 2.05) is 6.07 Å². The van der Waals surface area contributed by atoms with E-state index in [2.05, 4.69) is 0 Å². The van der Waals surface area contributed by atoms with Gasteiger partial charge < -0.3 is 10.6 Å². The molecule has 0 saturated carbocycles. The van der Waals surface area contributed by atoms with E-state index in [0.717, 1.165) is 11.3 Å².